The van der Waals surface area contributed by atoms with Gasteiger partial charge in [-0.25, -0.2) is 9.37 Å². The van der Waals surface area contributed by atoms with Crippen LogP contribution < -0.4 is 5.32 Å². The van der Waals surface area contributed by atoms with Crippen LogP contribution in [0, 0.1) is 0 Å². The molecule has 7 nitrogen and oxygen atoms in total. The van der Waals surface area contributed by atoms with Gasteiger partial charge in [0.05, 0.1) is 17.3 Å². The largest absolute Gasteiger partial charge is 0.342 e. The molecule has 4 aromatic rings. The minimum absolute atomic E-state index is 0.131. The predicted molar refractivity (Wildman–Crippen MR) is 102 cm³/mol. The number of rotatable bonds is 4. The number of amides is 1. The summed E-state index contributed by atoms with van der Waals surface area (Å²) in [5.41, 5.74) is 4.69. The number of H-pyrrole nitrogens is 1. The first-order valence-corrected chi connectivity index (χ1v) is 9.32. The third kappa shape index (κ3) is 2.71. The molecule has 0 atom stereocenters. The van der Waals surface area contributed by atoms with Gasteiger partial charge in [-0.2, -0.15) is 8.75 Å². The molecule has 0 saturated heterocycles. The Morgan fingerprint density at radius 3 is 3.00 bits per heavy atom. The summed E-state index contributed by atoms with van der Waals surface area (Å²) in [6.07, 6.45) is 0.674. The number of hydrogen-bond acceptors (Lipinski definition) is 6. The summed E-state index contributed by atoms with van der Waals surface area (Å²) >= 11 is 1.18. The van der Waals surface area contributed by atoms with E-state index in [1.165, 1.54) is 11.7 Å². The summed E-state index contributed by atoms with van der Waals surface area (Å²) in [4.78, 5) is 22.0. The number of halogens is 1. The second kappa shape index (κ2) is 6.27. The van der Waals surface area contributed by atoms with Crippen LogP contribution in [-0.4, -0.2) is 49.3 Å². The second-order valence-corrected chi connectivity index (χ2v) is 6.92. The van der Waals surface area contributed by atoms with Crippen LogP contribution in [0.25, 0.3) is 22.1 Å². The zero-order valence-electron chi connectivity index (χ0n) is 14.2. The van der Waals surface area contributed by atoms with Gasteiger partial charge in [-0.05, 0) is 30.3 Å². The summed E-state index contributed by atoms with van der Waals surface area (Å²) in [6, 6.07) is 9.46. The lowest BCUT2D eigenvalue weighted by molar-refractivity contribution is 0.0730. The van der Waals surface area contributed by atoms with E-state index in [1.807, 2.05) is 30.3 Å². The highest BCUT2D eigenvalue weighted by Crippen LogP contribution is 2.29. The van der Waals surface area contributed by atoms with Crippen molar-refractivity contribution in [2.24, 2.45) is 0 Å². The summed E-state index contributed by atoms with van der Waals surface area (Å²) in [7, 11) is 0. The van der Waals surface area contributed by atoms with Gasteiger partial charge >= 0.3 is 0 Å². The molecule has 3 aromatic heterocycles. The van der Waals surface area contributed by atoms with Crippen molar-refractivity contribution in [2.45, 2.75) is 6.42 Å². The average Bonchev–Trinajstić information content (AvgIpc) is 3.27. The maximum absolute atomic E-state index is 12.7. The number of hydrogen-bond donors (Lipinski definition) is 2. The second-order valence-electron chi connectivity index (χ2n) is 6.40. The van der Waals surface area contributed by atoms with Crippen LogP contribution >= 0.6 is 11.7 Å². The normalized spacial score (nSPS) is 14.1. The minimum Gasteiger partial charge on any atom is -0.342 e. The highest BCUT2D eigenvalue weighted by Gasteiger charge is 2.28. The van der Waals surface area contributed by atoms with Gasteiger partial charge in [-0.3, -0.25) is 4.79 Å². The van der Waals surface area contributed by atoms with Crippen LogP contribution in [0.5, 0.6) is 0 Å². The number of alkyl halides is 1. The maximum Gasteiger partial charge on any atom is 0.256 e. The third-order valence-electron chi connectivity index (χ3n) is 4.75. The van der Waals surface area contributed by atoms with Gasteiger partial charge in [0.2, 0.25) is 0 Å². The molecule has 2 N–H and O–H groups in total. The monoisotopic (exact) mass is 382 g/mol. The highest BCUT2D eigenvalue weighted by atomic mass is 32.1. The smallest absolute Gasteiger partial charge is 0.256 e. The zero-order valence-corrected chi connectivity index (χ0v) is 15.0. The topological polar surface area (TPSA) is 86.8 Å². The van der Waals surface area contributed by atoms with Gasteiger partial charge < -0.3 is 15.2 Å². The Kier molecular flexibility index (Phi) is 3.75. The van der Waals surface area contributed by atoms with E-state index in [2.05, 4.69) is 24.0 Å². The van der Waals surface area contributed by atoms with Crippen molar-refractivity contribution in [3.8, 4) is 0 Å². The molecule has 27 heavy (non-hydrogen) atoms. The number of nitrogens with one attached hydrogen (secondary N) is 2. The van der Waals surface area contributed by atoms with E-state index >= 15 is 0 Å². The summed E-state index contributed by atoms with van der Waals surface area (Å²) in [5, 5.41) is 4.03. The Morgan fingerprint density at radius 1 is 1.22 bits per heavy atom. The molecule has 0 unspecified atom stereocenters. The van der Waals surface area contributed by atoms with E-state index in [0.29, 0.717) is 30.0 Å². The van der Waals surface area contributed by atoms with Gasteiger partial charge in [-0.15, -0.1) is 0 Å². The van der Waals surface area contributed by atoms with Crippen LogP contribution in [-0.2, 0) is 6.42 Å². The lowest BCUT2D eigenvalue weighted by Crippen LogP contribution is -2.38. The van der Waals surface area contributed by atoms with Crippen LogP contribution in [0.15, 0.2) is 30.3 Å². The van der Waals surface area contributed by atoms with Gasteiger partial charge in [0, 0.05) is 36.3 Å². The number of aromatic nitrogens is 4. The molecular weight excluding hydrogens is 367 g/mol. The highest BCUT2D eigenvalue weighted by molar-refractivity contribution is 7.00. The fourth-order valence-electron chi connectivity index (χ4n) is 3.46. The summed E-state index contributed by atoms with van der Waals surface area (Å²) < 4.78 is 21.1. The van der Waals surface area contributed by atoms with Crippen LogP contribution in [0.3, 0.4) is 0 Å². The van der Waals surface area contributed by atoms with E-state index in [9.17, 15) is 9.18 Å². The molecule has 1 amide bonds. The number of anilines is 2. The molecule has 0 radical (unpaired) electrons. The Morgan fingerprint density at radius 2 is 2.11 bits per heavy atom. The number of aromatic amines is 1. The number of carbonyl (C=O) groups excluding carboxylic acids is 1. The van der Waals surface area contributed by atoms with Crippen molar-refractivity contribution >= 4 is 51.2 Å². The fourth-order valence-corrected chi connectivity index (χ4v) is 3.97. The number of fused-ring (bicyclic) bond motifs is 4. The Labute approximate surface area is 157 Å². The Hall–Kier alpha value is -3.07. The van der Waals surface area contributed by atoms with E-state index in [0.717, 1.165) is 27.8 Å². The minimum atomic E-state index is -0.533. The molecule has 0 aliphatic carbocycles. The lowest BCUT2D eigenvalue weighted by Gasteiger charge is -2.25. The van der Waals surface area contributed by atoms with E-state index in [-0.39, 0.29) is 12.5 Å². The number of nitrogens with zero attached hydrogens (tertiary/aromatic N) is 4. The third-order valence-corrected chi connectivity index (χ3v) is 5.31. The molecule has 9 heteroatoms. The fraction of sp³-hybridized carbons (Fsp3) is 0.222. The molecule has 0 fully saturated rings. The Bertz CT molecular complexity index is 1170. The standard InChI is InChI=1S/C18H15FN6OS/c19-6-8-25-7-5-13-16(18(25)26)11-2-4-15(22-17(11)21-13)20-10-1-3-12-14(9-10)24-27-23-12/h1-4,9H,5-8H2,(H2,20,21,22). The van der Waals surface area contributed by atoms with Crippen LogP contribution in [0.4, 0.5) is 15.9 Å². The lowest BCUT2D eigenvalue weighted by atomic mass is 10.0. The van der Waals surface area contributed by atoms with Crippen LogP contribution in [0.1, 0.15) is 16.1 Å². The quantitative estimate of drug-likeness (QED) is 0.566. The zero-order chi connectivity index (χ0) is 18.4. The SMILES string of the molecule is O=C1c2c([nH]c3nc(Nc4ccc5nsnc5c4)ccc23)CCN1CCF. The van der Waals surface area contributed by atoms with E-state index in [1.54, 1.807) is 4.90 Å². The van der Waals surface area contributed by atoms with Crippen LogP contribution in [0.2, 0.25) is 0 Å². The molecule has 1 aromatic carbocycles. The van der Waals surface area contributed by atoms with Crippen molar-refractivity contribution in [2.75, 3.05) is 25.1 Å². The number of carbonyl (C=O) groups is 1. The molecule has 136 valence electrons. The molecule has 0 spiro atoms. The predicted octanol–water partition coefficient (Wildman–Crippen LogP) is 3.28. The first kappa shape index (κ1) is 16.1. The number of pyridine rings is 1. The molecule has 1 aliphatic rings. The van der Waals surface area contributed by atoms with E-state index < -0.39 is 6.67 Å². The van der Waals surface area contributed by atoms with Crippen molar-refractivity contribution in [1.82, 2.24) is 23.6 Å². The maximum atomic E-state index is 12.7. The molecule has 0 bridgehead atoms. The van der Waals surface area contributed by atoms with E-state index in [4.69, 9.17) is 0 Å². The van der Waals surface area contributed by atoms with Crippen molar-refractivity contribution < 1.29 is 9.18 Å². The summed E-state index contributed by atoms with van der Waals surface area (Å²) in [5.74, 6) is 0.529. The molecular formula is C18H15FN6OS. The van der Waals surface area contributed by atoms with Crippen molar-refractivity contribution in [1.29, 1.82) is 0 Å². The first-order valence-electron chi connectivity index (χ1n) is 8.59. The number of benzene rings is 1. The summed E-state index contributed by atoms with van der Waals surface area (Å²) in [6.45, 7) is 0.121. The molecule has 0 saturated carbocycles. The molecule has 1 aliphatic heterocycles. The van der Waals surface area contributed by atoms with Crippen molar-refractivity contribution in [3.63, 3.8) is 0 Å². The van der Waals surface area contributed by atoms with Gasteiger partial charge in [0.15, 0.2) is 0 Å². The Balaban J connectivity index is 1.48. The first-order chi connectivity index (χ1) is 13.2. The van der Waals surface area contributed by atoms with Gasteiger partial charge in [-0.1, -0.05) is 0 Å². The van der Waals surface area contributed by atoms with Gasteiger partial charge in [0.25, 0.3) is 5.91 Å². The van der Waals surface area contributed by atoms with Crippen molar-refractivity contribution in [3.05, 3.63) is 41.6 Å². The van der Waals surface area contributed by atoms with Gasteiger partial charge in [0.1, 0.15) is 29.2 Å². The molecule has 4 heterocycles. The average molecular weight is 382 g/mol. The molecule has 5 rings (SSSR count).